The molecule has 0 aliphatic heterocycles. The summed E-state index contributed by atoms with van der Waals surface area (Å²) in [6.45, 7) is 4.15. The van der Waals surface area contributed by atoms with Gasteiger partial charge in [-0.05, 0) is 26.7 Å². The number of carbonyl (C=O) groups excluding carboxylic acids is 1. The molecule has 0 spiro atoms. The number of carbonyl (C=O) groups is 1. The lowest BCUT2D eigenvalue weighted by Crippen LogP contribution is -2.42. The third-order valence-corrected chi connectivity index (χ3v) is 3.14. The van der Waals surface area contributed by atoms with Crippen LogP contribution in [0.1, 0.15) is 46.0 Å². The van der Waals surface area contributed by atoms with E-state index in [-0.39, 0.29) is 4.82 Å². The molecule has 0 atom stereocenters. The van der Waals surface area contributed by atoms with Gasteiger partial charge in [0.2, 0.25) is 0 Å². The van der Waals surface area contributed by atoms with Crippen LogP contribution in [0.4, 0.5) is 4.79 Å². The standard InChI is InChI=1S/C10H18BrNO/c1-8(2)12(10(11)13)9-6-4-3-5-7-9/h8-9H,3-7H2,1-2H3. The first-order chi connectivity index (χ1) is 6.13. The van der Waals surface area contributed by atoms with Crippen molar-refractivity contribution in [2.24, 2.45) is 0 Å². The Labute approximate surface area is 88.8 Å². The molecule has 0 aromatic heterocycles. The first-order valence-corrected chi connectivity index (χ1v) is 5.90. The third kappa shape index (κ3) is 2.97. The molecule has 3 heteroatoms. The molecule has 2 nitrogen and oxygen atoms in total. The van der Waals surface area contributed by atoms with Crippen LogP contribution in [0.5, 0.6) is 0 Å². The number of nitrogens with zero attached hydrogens (tertiary/aromatic N) is 1. The van der Waals surface area contributed by atoms with Crippen molar-refractivity contribution < 1.29 is 4.79 Å². The van der Waals surface area contributed by atoms with Crippen molar-refractivity contribution in [3.8, 4) is 0 Å². The van der Waals surface area contributed by atoms with E-state index in [1.54, 1.807) is 0 Å². The second kappa shape index (κ2) is 4.99. The van der Waals surface area contributed by atoms with Gasteiger partial charge in [-0.15, -0.1) is 0 Å². The summed E-state index contributed by atoms with van der Waals surface area (Å²) in [5.41, 5.74) is 0. The van der Waals surface area contributed by atoms with Gasteiger partial charge in [-0.25, -0.2) is 0 Å². The van der Waals surface area contributed by atoms with Crippen LogP contribution in [0, 0.1) is 0 Å². The van der Waals surface area contributed by atoms with E-state index in [0.717, 1.165) is 0 Å². The molecule has 0 radical (unpaired) electrons. The third-order valence-electron chi connectivity index (χ3n) is 2.73. The van der Waals surface area contributed by atoms with E-state index in [9.17, 15) is 4.79 Å². The SMILES string of the molecule is CC(C)N(C(=O)Br)C1CCCCC1. The molecule has 0 heterocycles. The van der Waals surface area contributed by atoms with Gasteiger partial charge < -0.3 is 4.90 Å². The molecule has 1 fully saturated rings. The Morgan fingerprint density at radius 2 is 1.85 bits per heavy atom. The zero-order valence-corrected chi connectivity index (χ0v) is 10.0. The maximum Gasteiger partial charge on any atom is 0.290 e. The molecule has 76 valence electrons. The average Bonchev–Trinajstić information content (AvgIpc) is 2.04. The summed E-state index contributed by atoms with van der Waals surface area (Å²) >= 11 is 3.06. The summed E-state index contributed by atoms with van der Waals surface area (Å²) in [5.74, 6) is 0. The van der Waals surface area contributed by atoms with Crippen molar-refractivity contribution in [1.82, 2.24) is 4.90 Å². The van der Waals surface area contributed by atoms with E-state index >= 15 is 0 Å². The number of hydrogen-bond acceptors (Lipinski definition) is 1. The Morgan fingerprint density at radius 3 is 2.23 bits per heavy atom. The largest absolute Gasteiger partial charge is 0.328 e. The highest BCUT2D eigenvalue weighted by Gasteiger charge is 2.25. The van der Waals surface area contributed by atoms with Gasteiger partial charge in [0, 0.05) is 28.0 Å². The highest BCUT2D eigenvalue weighted by Crippen LogP contribution is 2.25. The van der Waals surface area contributed by atoms with E-state index in [1.807, 2.05) is 4.90 Å². The fraction of sp³-hybridized carbons (Fsp3) is 0.900. The fourth-order valence-electron chi connectivity index (χ4n) is 2.13. The molecule has 0 aromatic carbocycles. The first kappa shape index (κ1) is 11.0. The quantitative estimate of drug-likeness (QED) is 0.540. The minimum Gasteiger partial charge on any atom is -0.328 e. The van der Waals surface area contributed by atoms with Gasteiger partial charge in [0.15, 0.2) is 0 Å². The molecule has 1 rings (SSSR count). The van der Waals surface area contributed by atoms with Crippen molar-refractivity contribution in [3.63, 3.8) is 0 Å². The van der Waals surface area contributed by atoms with Crippen molar-refractivity contribution in [2.45, 2.75) is 58.0 Å². The topological polar surface area (TPSA) is 20.3 Å². The molecular weight excluding hydrogens is 230 g/mol. The van der Waals surface area contributed by atoms with Crippen molar-refractivity contribution in [3.05, 3.63) is 0 Å². The van der Waals surface area contributed by atoms with Gasteiger partial charge >= 0.3 is 0 Å². The molecule has 0 N–H and O–H groups in total. The van der Waals surface area contributed by atoms with Crippen LogP contribution in [0.15, 0.2) is 0 Å². The summed E-state index contributed by atoms with van der Waals surface area (Å²) < 4.78 is 0. The van der Waals surface area contributed by atoms with Crippen LogP contribution < -0.4 is 0 Å². The molecular formula is C10H18BrNO. The smallest absolute Gasteiger partial charge is 0.290 e. The molecule has 13 heavy (non-hydrogen) atoms. The van der Waals surface area contributed by atoms with Crippen LogP contribution in [-0.2, 0) is 0 Å². The summed E-state index contributed by atoms with van der Waals surface area (Å²) in [4.78, 5) is 13.3. The minimum atomic E-state index is 0.0504. The van der Waals surface area contributed by atoms with Gasteiger partial charge in [0.25, 0.3) is 4.82 Å². The zero-order chi connectivity index (χ0) is 9.84. The Balaban J connectivity index is 2.57. The lowest BCUT2D eigenvalue weighted by molar-refractivity contribution is 0.156. The maximum atomic E-state index is 11.3. The number of rotatable bonds is 2. The van der Waals surface area contributed by atoms with Gasteiger partial charge in [-0.3, -0.25) is 4.79 Å². The first-order valence-electron chi connectivity index (χ1n) is 5.10. The Bertz CT molecular complexity index is 176. The lowest BCUT2D eigenvalue weighted by atomic mass is 9.94. The van der Waals surface area contributed by atoms with E-state index < -0.39 is 0 Å². The summed E-state index contributed by atoms with van der Waals surface area (Å²) in [5, 5.41) is 0. The lowest BCUT2D eigenvalue weighted by Gasteiger charge is -2.35. The summed E-state index contributed by atoms with van der Waals surface area (Å²) in [6, 6.07) is 0.788. The molecule has 1 aliphatic rings. The molecule has 1 saturated carbocycles. The van der Waals surface area contributed by atoms with Crippen LogP contribution in [-0.4, -0.2) is 21.8 Å². The minimum absolute atomic E-state index is 0.0504. The number of amides is 1. The fourth-order valence-corrected chi connectivity index (χ4v) is 2.83. The molecule has 0 saturated heterocycles. The average molecular weight is 248 g/mol. The van der Waals surface area contributed by atoms with Gasteiger partial charge in [-0.2, -0.15) is 0 Å². The van der Waals surface area contributed by atoms with E-state index in [2.05, 4.69) is 29.8 Å². The zero-order valence-electron chi connectivity index (χ0n) is 8.42. The van der Waals surface area contributed by atoms with Gasteiger partial charge in [0.05, 0.1) is 0 Å². The number of halogens is 1. The van der Waals surface area contributed by atoms with Crippen LogP contribution in [0.25, 0.3) is 0 Å². The van der Waals surface area contributed by atoms with Gasteiger partial charge in [-0.1, -0.05) is 19.3 Å². The highest BCUT2D eigenvalue weighted by molar-refractivity contribution is 9.18. The predicted octanol–water partition coefficient (Wildman–Crippen LogP) is 3.54. The van der Waals surface area contributed by atoms with Gasteiger partial charge in [0.1, 0.15) is 0 Å². The Kier molecular flexibility index (Phi) is 4.23. The van der Waals surface area contributed by atoms with Crippen molar-refractivity contribution in [1.29, 1.82) is 0 Å². The molecule has 0 bridgehead atoms. The Hall–Kier alpha value is -0.0500. The molecule has 0 unspecified atom stereocenters. The maximum absolute atomic E-state index is 11.3. The van der Waals surface area contributed by atoms with E-state index in [1.165, 1.54) is 32.1 Å². The van der Waals surface area contributed by atoms with Crippen LogP contribution in [0.2, 0.25) is 0 Å². The molecule has 1 aliphatic carbocycles. The second-order valence-electron chi connectivity index (χ2n) is 4.05. The second-order valence-corrected chi connectivity index (χ2v) is 4.72. The van der Waals surface area contributed by atoms with E-state index in [0.29, 0.717) is 12.1 Å². The van der Waals surface area contributed by atoms with Crippen molar-refractivity contribution >= 4 is 20.7 Å². The normalized spacial score (nSPS) is 19.1. The monoisotopic (exact) mass is 247 g/mol. The molecule has 1 amide bonds. The summed E-state index contributed by atoms with van der Waals surface area (Å²) in [6.07, 6.45) is 6.23. The van der Waals surface area contributed by atoms with Crippen molar-refractivity contribution in [2.75, 3.05) is 0 Å². The Morgan fingerprint density at radius 1 is 1.31 bits per heavy atom. The highest BCUT2D eigenvalue weighted by atomic mass is 79.9. The predicted molar refractivity (Wildman–Crippen MR) is 58.2 cm³/mol. The van der Waals surface area contributed by atoms with Crippen LogP contribution >= 0.6 is 15.9 Å². The molecule has 0 aromatic rings. The summed E-state index contributed by atoms with van der Waals surface area (Å²) in [7, 11) is 0. The van der Waals surface area contributed by atoms with E-state index in [4.69, 9.17) is 0 Å². The van der Waals surface area contributed by atoms with Crippen LogP contribution in [0.3, 0.4) is 0 Å². The number of hydrogen-bond donors (Lipinski definition) is 0.